The Bertz CT molecular complexity index is 554. The van der Waals surface area contributed by atoms with Crippen LogP contribution in [0.2, 0.25) is 0 Å². The fourth-order valence-electron chi connectivity index (χ4n) is 6.16. The maximum Gasteiger partial charge on any atom is 0.330 e. The minimum absolute atomic E-state index is 0.0865. The van der Waals surface area contributed by atoms with Crippen molar-refractivity contribution in [3.8, 4) is 0 Å². The number of rotatable bonds is 1. The molecule has 126 valence electrons. The first-order chi connectivity index (χ1) is 11.0. The van der Waals surface area contributed by atoms with Crippen molar-refractivity contribution in [2.45, 2.75) is 64.6 Å². The molecule has 4 heteroatoms. The number of esters is 2. The van der Waals surface area contributed by atoms with Gasteiger partial charge in [0.15, 0.2) is 0 Å². The van der Waals surface area contributed by atoms with Crippen LogP contribution in [-0.4, -0.2) is 24.1 Å². The zero-order chi connectivity index (χ0) is 16.2. The van der Waals surface area contributed by atoms with E-state index in [-0.39, 0.29) is 29.6 Å². The number of hydrogen-bond acceptors (Lipinski definition) is 4. The lowest BCUT2D eigenvalue weighted by Crippen LogP contribution is -2.51. The highest BCUT2D eigenvalue weighted by Gasteiger charge is 2.58. The van der Waals surface area contributed by atoms with E-state index in [1.807, 2.05) is 0 Å². The average Bonchev–Trinajstić information content (AvgIpc) is 2.83. The van der Waals surface area contributed by atoms with Gasteiger partial charge in [0, 0.05) is 24.3 Å². The number of fused-ring (bicyclic) bond motifs is 5. The van der Waals surface area contributed by atoms with Crippen LogP contribution in [0.25, 0.3) is 0 Å². The minimum atomic E-state index is -0.180. The molecule has 3 saturated carbocycles. The fourth-order valence-corrected chi connectivity index (χ4v) is 6.16. The van der Waals surface area contributed by atoms with E-state index in [4.69, 9.17) is 9.47 Å². The largest absolute Gasteiger partial charge is 0.462 e. The van der Waals surface area contributed by atoms with Gasteiger partial charge in [0.25, 0.3) is 0 Å². The predicted octanol–water partition coefficient (Wildman–Crippen LogP) is 3.25. The molecule has 4 rings (SSSR count). The lowest BCUT2D eigenvalue weighted by molar-refractivity contribution is -0.161. The van der Waals surface area contributed by atoms with E-state index in [0.29, 0.717) is 23.7 Å². The number of carbonyl (C=O) groups excluding carboxylic acids is 2. The molecular formula is C19H26O4. The third-order valence-electron chi connectivity index (χ3n) is 7.14. The van der Waals surface area contributed by atoms with Crippen molar-refractivity contribution in [1.29, 1.82) is 0 Å². The Hall–Kier alpha value is -1.32. The lowest BCUT2D eigenvalue weighted by Gasteiger charge is -2.53. The molecular weight excluding hydrogens is 292 g/mol. The summed E-state index contributed by atoms with van der Waals surface area (Å²) in [4.78, 5) is 22.9. The average molecular weight is 318 g/mol. The second kappa shape index (κ2) is 5.35. The fraction of sp³-hybridized carbons (Fsp3) is 0.789. The van der Waals surface area contributed by atoms with Crippen LogP contribution >= 0.6 is 0 Å². The van der Waals surface area contributed by atoms with Gasteiger partial charge >= 0.3 is 11.9 Å². The van der Waals surface area contributed by atoms with Crippen LogP contribution in [0.5, 0.6) is 0 Å². The monoisotopic (exact) mass is 318 g/mol. The highest BCUT2D eigenvalue weighted by atomic mass is 16.5. The summed E-state index contributed by atoms with van der Waals surface area (Å²) in [5.74, 6) is 2.00. The Morgan fingerprint density at radius 2 is 2.04 bits per heavy atom. The summed E-state index contributed by atoms with van der Waals surface area (Å²) in [6.45, 7) is 3.85. The Balaban J connectivity index is 1.57. The molecule has 0 N–H and O–H groups in total. The molecule has 4 nitrogen and oxygen atoms in total. The molecule has 23 heavy (non-hydrogen) atoms. The highest BCUT2D eigenvalue weighted by molar-refractivity contribution is 5.83. The second-order valence-corrected chi connectivity index (χ2v) is 8.14. The van der Waals surface area contributed by atoms with E-state index >= 15 is 0 Å². The van der Waals surface area contributed by atoms with Crippen molar-refractivity contribution >= 4 is 11.9 Å². The van der Waals surface area contributed by atoms with Crippen molar-refractivity contribution < 1.29 is 19.1 Å². The first kappa shape index (κ1) is 15.2. The van der Waals surface area contributed by atoms with Crippen LogP contribution in [0.3, 0.4) is 0 Å². The molecule has 7 unspecified atom stereocenters. The van der Waals surface area contributed by atoms with Crippen molar-refractivity contribution in [2.24, 2.45) is 29.1 Å². The maximum absolute atomic E-state index is 11.5. The second-order valence-electron chi connectivity index (χ2n) is 8.14. The molecule has 0 aromatic carbocycles. The predicted molar refractivity (Wildman–Crippen MR) is 84.3 cm³/mol. The summed E-state index contributed by atoms with van der Waals surface area (Å²) >= 11 is 0. The van der Waals surface area contributed by atoms with Gasteiger partial charge in [0.2, 0.25) is 0 Å². The molecule has 0 spiro atoms. The van der Waals surface area contributed by atoms with Crippen molar-refractivity contribution in [2.75, 3.05) is 0 Å². The van der Waals surface area contributed by atoms with Crippen molar-refractivity contribution in [3.05, 3.63) is 12.2 Å². The molecule has 0 radical (unpaired) electrons. The van der Waals surface area contributed by atoms with E-state index in [1.165, 1.54) is 6.92 Å². The van der Waals surface area contributed by atoms with E-state index in [9.17, 15) is 9.59 Å². The summed E-state index contributed by atoms with van der Waals surface area (Å²) in [6.07, 6.45) is 10.4. The van der Waals surface area contributed by atoms with Gasteiger partial charge in [-0.25, -0.2) is 4.79 Å². The van der Waals surface area contributed by atoms with E-state index in [2.05, 4.69) is 13.0 Å². The SMILES string of the molecule is CC(=O)OC1CCC2C3CCC4OC(=O)C=CC4C3CCC12C. The highest BCUT2D eigenvalue weighted by Crippen LogP contribution is 2.61. The molecule has 4 aliphatic rings. The standard InChI is InChI=1S/C19H26O4/c1-11(20)22-17-7-5-15-13-3-6-16-14(4-8-18(21)23-16)12(13)9-10-19(15,17)2/h4,8,12-17H,3,5-7,9-10H2,1-2H3. The van der Waals surface area contributed by atoms with E-state index < -0.39 is 0 Å². The first-order valence-corrected chi connectivity index (χ1v) is 9.05. The molecule has 0 aromatic rings. The van der Waals surface area contributed by atoms with Gasteiger partial charge in [0.1, 0.15) is 12.2 Å². The molecule has 0 bridgehead atoms. The van der Waals surface area contributed by atoms with Gasteiger partial charge in [-0.3, -0.25) is 4.79 Å². The van der Waals surface area contributed by atoms with Crippen molar-refractivity contribution in [1.82, 2.24) is 0 Å². The third kappa shape index (κ3) is 2.33. The first-order valence-electron chi connectivity index (χ1n) is 9.05. The summed E-state index contributed by atoms with van der Waals surface area (Å²) in [6, 6.07) is 0. The molecule has 0 aromatic heterocycles. The van der Waals surface area contributed by atoms with Crippen LogP contribution < -0.4 is 0 Å². The minimum Gasteiger partial charge on any atom is -0.462 e. The quantitative estimate of drug-likeness (QED) is 0.696. The maximum atomic E-state index is 11.5. The molecule has 7 atom stereocenters. The van der Waals surface area contributed by atoms with Crippen LogP contribution in [0.1, 0.15) is 52.4 Å². The Morgan fingerprint density at radius 1 is 1.22 bits per heavy atom. The molecule has 3 aliphatic carbocycles. The summed E-state index contributed by atoms with van der Waals surface area (Å²) in [5, 5.41) is 0. The molecule has 3 fully saturated rings. The van der Waals surface area contributed by atoms with Crippen LogP contribution in [0.15, 0.2) is 12.2 Å². The Labute approximate surface area is 137 Å². The smallest absolute Gasteiger partial charge is 0.330 e. The normalized spacial score (nSPS) is 48.0. The molecule has 0 amide bonds. The Kier molecular flexibility index (Phi) is 3.54. The number of hydrogen-bond donors (Lipinski definition) is 0. The number of ether oxygens (including phenoxy) is 2. The zero-order valence-electron chi connectivity index (χ0n) is 14.0. The summed E-state index contributed by atoms with van der Waals surface area (Å²) in [5.41, 5.74) is 0.134. The summed E-state index contributed by atoms with van der Waals surface area (Å²) < 4.78 is 11.2. The van der Waals surface area contributed by atoms with Crippen LogP contribution in [0.4, 0.5) is 0 Å². The molecule has 1 aliphatic heterocycles. The van der Waals surface area contributed by atoms with Crippen molar-refractivity contribution in [3.63, 3.8) is 0 Å². The van der Waals surface area contributed by atoms with Gasteiger partial charge < -0.3 is 9.47 Å². The molecule has 0 saturated heterocycles. The lowest BCUT2D eigenvalue weighted by atomic mass is 9.53. The summed E-state index contributed by atoms with van der Waals surface area (Å²) in [7, 11) is 0. The van der Waals surface area contributed by atoms with E-state index in [0.717, 1.165) is 38.5 Å². The topological polar surface area (TPSA) is 52.6 Å². The van der Waals surface area contributed by atoms with Gasteiger partial charge in [-0.1, -0.05) is 13.0 Å². The van der Waals surface area contributed by atoms with Gasteiger partial charge in [-0.05, 0) is 56.3 Å². The Morgan fingerprint density at radius 3 is 2.83 bits per heavy atom. The molecule has 1 heterocycles. The van der Waals surface area contributed by atoms with E-state index in [1.54, 1.807) is 6.08 Å². The zero-order valence-corrected chi connectivity index (χ0v) is 14.0. The van der Waals surface area contributed by atoms with Gasteiger partial charge in [0.05, 0.1) is 0 Å². The number of carbonyl (C=O) groups is 2. The van der Waals surface area contributed by atoms with Crippen LogP contribution in [0, 0.1) is 29.1 Å². The van der Waals surface area contributed by atoms with Crippen LogP contribution in [-0.2, 0) is 19.1 Å². The van der Waals surface area contributed by atoms with Gasteiger partial charge in [-0.2, -0.15) is 0 Å². The van der Waals surface area contributed by atoms with Gasteiger partial charge in [-0.15, -0.1) is 0 Å². The third-order valence-corrected chi connectivity index (χ3v) is 7.14.